The first-order valence-electron chi connectivity index (χ1n) is 5.94. The summed E-state index contributed by atoms with van der Waals surface area (Å²) >= 11 is 5.45. The number of benzene rings is 2. The fourth-order valence-corrected chi connectivity index (χ4v) is 3.99. The average molecular weight is 317 g/mol. The van der Waals surface area contributed by atoms with Gasteiger partial charge in [0.1, 0.15) is 0 Å². The molecule has 0 aliphatic carbocycles. The number of rotatable bonds is 2. The summed E-state index contributed by atoms with van der Waals surface area (Å²) in [6.45, 7) is 2.14. The molecule has 90 valence electrons. The molecule has 2 aromatic carbocycles. The number of halogens is 1. The summed E-state index contributed by atoms with van der Waals surface area (Å²) in [7, 11) is 0. The Labute approximate surface area is 119 Å². The second-order valence-electron chi connectivity index (χ2n) is 4.56. The zero-order valence-corrected chi connectivity index (χ0v) is 12.5. The largest absolute Gasteiger partial charge is 0.140 e. The molecule has 0 spiro atoms. The van der Waals surface area contributed by atoms with Crippen LogP contribution in [0.5, 0.6) is 0 Å². The smallest absolute Gasteiger partial charge is 0.0345 e. The lowest BCUT2D eigenvalue weighted by Crippen LogP contribution is -1.86. The van der Waals surface area contributed by atoms with Gasteiger partial charge in [-0.1, -0.05) is 40.2 Å². The van der Waals surface area contributed by atoms with Crippen molar-refractivity contribution in [1.29, 1.82) is 0 Å². The molecular weight excluding hydrogens is 304 g/mol. The van der Waals surface area contributed by atoms with Gasteiger partial charge in [-0.25, -0.2) is 0 Å². The van der Waals surface area contributed by atoms with E-state index in [9.17, 15) is 0 Å². The topological polar surface area (TPSA) is 0 Å². The van der Waals surface area contributed by atoms with Gasteiger partial charge in [0.25, 0.3) is 0 Å². The Morgan fingerprint density at radius 2 is 1.89 bits per heavy atom. The van der Waals surface area contributed by atoms with Gasteiger partial charge >= 0.3 is 0 Å². The average Bonchev–Trinajstić information content (AvgIpc) is 2.69. The Bertz CT molecular complexity index is 644. The van der Waals surface area contributed by atoms with Crippen molar-refractivity contribution in [3.05, 3.63) is 69.0 Å². The predicted molar refractivity (Wildman–Crippen MR) is 83.5 cm³/mol. The molecule has 0 saturated heterocycles. The van der Waals surface area contributed by atoms with Gasteiger partial charge in [-0.3, -0.25) is 0 Å². The van der Waals surface area contributed by atoms with Gasteiger partial charge in [-0.05, 0) is 47.7 Å². The lowest BCUT2D eigenvalue weighted by atomic mass is 10.1. The summed E-state index contributed by atoms with van der Waals surface area (Å²) < 4.78 is 2.54. The Kier molecular flexibility index (Phi) is 3.23. The van der Waals surface area contributed by atoms with Crippen LogP contribution in [-0.4, -0.2) is 0 Å². The van der Waals surface area contributed by atoms with Crippen LogP contribution in [0.15, 0.2) is 53.0 Å². The highest BCUT2D eigenvalue weighted by atomic mass is 79.9. The highest BCUT2D eigenvalue weighted by molar-refractivity contribution is 9.10. The lowest BCUT2D eigenvalue weighted by Gasteiger charge is -2.02. The van der Waals surface area contributed by atoms with Crippen LogP contribution in [0.2, 0.25) is 0 Å². The molecule has 18 heavy (non-hydrogen) atoms. The van der Waals surface area contributed by atoms with E-state index in [1.165, 1.54) is 30.6 Å². The predicted octanol–water partition coefficient (Wildman–Crippen LogP) is 5.56. The van der Waals surface area contributed by atoms with Gasteiger partial charge < -0.3 is 0 Å². The van der Waals surface area contributed by atoms with Crippen LogP contribution < -0.4 is 0 Å². The molecule has 0 amide bonds. The monoisotopic (exact) mass is 316 g/mol. The third-order valence-electron chi connectivity index (χ3n) is 2.96. The zero-order valence-electron chi connectivity index (χ0n) is 10.1. The molecule has 0 fully saturated rings. The fraction of sp³-hybridized carbons (Fsp3) is 0.125. The molecule has 0 radical (unpaired) electrons. The molecule has 1 heterocycles. The molecule has 2 heteroatoms. The maximum absolute atomic E-state index is 3.56. The number of aryl methyl sites for hydroxylation is 1. The summed E-state index contributed by atoms with van der Waals surface area (Å²) in [6.07, 6.45) is 1.01. The van der Waals surface area contributed by atoms with Gasteiger partial charge in [-0.15, -0.1) is 11.3 Å². The Morgan fingerprint density at radius 3 is 2.67 bits per heavy atom. The molecule has 0 aliphatic heterocycles. The summed E-state index contributed by atoms with van der Waals surface area (Å²) in [5, 5.41) is 1.35. The van der Waals surface area contributed by atoms with E-state index in [4.69, 9.17) is 0 Å². The van der Waals surface area contributed by atoms with Gasteiger partial charge in [0.2, 0.25) is 0 Å². The molecule has 0 unspecified atom stereocenters. The van der Waals surface area contributed by atoms with Crippen LogP contribution in [0.3, 0.4) is 0 Å². The van der Waals surface area contributed by atoms with Crippen molar-refractivity contribution in [2.45, 2.75) is 13.3 Å². The minimum atomic E-state index is 1.01. The van der Waals surface area contributed by atoms with Crippen molar-refractivity contribution in [3.8, 4) is 0 Å². The molecule has 1 aromatic heterocycles. The normalized spacial score (nSPS) is 11.0. The van der Waals surface area contributed by atoms with Crippen molar-refractivity contribution < 1.29 is 0 Å². The van der Waals surface area contributed by atoms with Gasteiger partial charge in [0.05, 0.1) is 0 Å². The SMILES string of the molecule is Cc1cc(Br)cc(Cc2cc3ccccc3s2)c1. The van der Waals surface area contributed by atoms with Crippen molar-refractivity contribution in [3.63, 3.8) is 0 Å². The standard InChI is InChI=1S/C16H13BrS/c1-11-6-12(8-14(17)7-11)9-15-10-13-4-2-3-5-16(13)18-15/h2-8,10H,9H2,1H3. The number of hydrogen-bond donors (Lipinski definition) is 0. The van der Waals surface area contributed by atoms with Crippen LogP contribution in [0.1, 0.15) is 16.0 Å². The van der Waals surface area contributed by atoms with E-state index in [1.54, 1.807) is 0 Å². The Balaban J connectivity index is 1.96. The number of thiophene rings is 1. The minimum absolute atomic E-state index is 1.01. The van der Waals surface area contributed by atoms with E-state index >= 15 is 0 Å². The van der Waals surface area contributed by atoms with Crippen LogP contribution >= 0.6 is 27.3 Å². The number of hydrogen-bond acceptors (Lipinski definition) is 1. The van der Waals surface area contributed by atoms with Crippen LogP contribution in [0.25, 0.3) is 10.1 Å². The van der Waals surface area contributed by atoms with E-state index in [1.807, 2.05) is 11.3 Å². The maximum Gasteiger partial charge on any atom is 0.0345 e. The Morgan fingerprint density at radius 1 is 1.06 bits per heavy atom. The molecule has 0 aliphatic rings. The van der Waals surface area contributed by atoms with E-state index in [-0.39, 0.29) is 0 Å². The molecule has 0 saturated carbocycles. The van der Waals surface area contributed by atoms with Crippen molar-refractivity contribution in [1.82, 2.24) is 0 Å². The van der Waals surface area contributed by atoms with E-state index in [2.05, 4.69) is 71.4 Å². The molecule has 0 atom stereocenters. The van der Waals surface area contributed by atoms with Crippen molar-refractivity contribution >= 4 is 37.4 Å². The van der Waals surface area contributed by atoms with Crippen LogP contribution in [-0.2, 0) is 6.42 Å². The zero-order chi connectivity index (χ0) is 12.5. The third-order valence-corrected chi connectivity index (χ3v) is 4.53. The highest BCUT2D eigenvalue weighted by Gasteiger charge is 2.03. The molecule has 0 bridgehead atoms. The summed E-state index contributed by atoms with van der Waals surface area (Å²) in [4.78, 5) is 1.42. The van der Waals surface area contributed by atoms with Gasteiger partial charge in [0.15, 0.2) is 0 Å². The third kappa shape index (κ3) is 2.50. The van der Waals surface area contributed by atoms with Gasteiger partial charge in [0, 0.05) is 20.5 Å². The number of fused-ring (bicyclic) bond motifs is 1. The van der Waals surface area contributed by atoms with E-state index < -0.39 is 0 Å². The minimum Gasteiger partial charge on any atom is -0.140 e. The van der Waals surface area contributed by atoms with E-state index in [0.717, 1.165) is 6.42 Å². The lowest BCUT2D eigenvalue weighted by molar-refractivity contribution is 1.22. The van der Waals surface area contributed by atoms with Crippen LogP contribution in [0, 0.1) is 6.92 Å². The summed E-state index contributed by atoms with van der Waals surface area (Å²) in [5.41, 5.74) is 2.67. The van der Waals surface area contributed by atoms with Gasteiger partial charge in [-0.2, -0.15) is 0 Å². The molecule has 0 nitrogen and oxygen atoms in total. The Hall–Kier alpha value is -1.12. The molecular formula is C16H13BrS. The second kappa shape index (κ2) is 4.87. The van der Waals surface area contributed by atoms with Crippen molar-refractivity contribution in [2.75, 3.05) is 0 Å². The first-order valence-corrected chi connectivity index (χ1v) is 7.55. The first-order chi connectivity index (χ1) is 8.70. The van der Waals surface area contributed by atoms with E-state index in [0.29, 0.717) is 0 Å². The van der Waals surface area contributed by atoms with Crippen LogP contribution in [0.4, 0.5) is 0 Å². The summed E-state index contributed by atoms with van der Waals surface area (Å²) in [5.74, 6) is 0. The first kappa shape index (κ1) is 11.9. The fourth-order valence-electron chi connectivity index (χ4n) is 2.24. The highest BCUT2D eigenvalue weighted by Crippen LogP contribution is 2.28. The molecule has 3 aromatic rings. The molecule has 3 rings (SSSR count). The maximum atomic E-state index is 3.56. The quantitative estimate of drug-likeness (QED) is 0.580. The second-order valence-corrected chi connectivity index (χ2v) is 6.65. The van der Waals surface area contributed by atoms with Crippen molar-refractivity contribution in [2.24, 2.45) is 0 Å². The molecule has 0 N–H and O–H groups in total. The summed E-state index contributed by atoms with van der Waals surface area (Å²) in [6, 6.07) is 17.5.